The molecule has 0 unspecified atom stereocenters. The van der Waals surface area contributed by atoms with Gasteiger partial charge in [-0.25, -0.2) is 23.1 Å². The van der Waals surface area contributed by atoms with Crippen LogP contribution in [0.3, 0.4) is 0 Å². The summed E-state index contributed by atoms with van der Waals surface area (Å²) in [6, 6.07) is 2.69. The smallest absolute Gasteiger partial charge is 0.374 e. The quantitative estimate of drug-likeness (QED) is 0.312. The van der Waals surface area contributed by atoms with Crippen LogP contribution in [-0.4, -0.2) is 72.5 Å². The van der Waals surface area contributed by atoms with Crippen molar-refractivity contribution in [1.82, 2.24) is 33.9 Å². The fourth-order valence-electron chi connectivity index (χ4n) is 4.75. The van der Waals surface area contributed by atoms with Crippen molar-refractivity contribution in [3.63, 3.8) is 0 Å². The number of amides is 1. The molecule has 1 saturated heterocycles. The normalized spacial score (nSPS) is 14.2. The predicted octanol–water partition coefficient (Wildman–Crippen LogP) is 4.97. The molecule has 4 heterocycles. The molecule has 0 radical (unpaired) electrons. The number of halogens is 6. The van der Waals surface area contributed by atoms with Crippen molar-refractivity contribution in [3.05, 3.63) is 72.3 Å². The standard InChI is InChI=1S/C26H24F6N8O/c1-3-37-6-8-38(9-7-37)25(41)21-15(2)10-16(11-18(21)27)35-23-24-34-12-19(40(24)5-4-33-23)17-13-39(14-20(28)29)36-22(17)26(30,31)32/h3-5,10-13,20H,1,6-9,14H2,2H3,(H,33,35). The van der Waals surface area contributed by atoms with E-state index < -0.39 is 42.1 Å². The predicted molar refractivity (Wildman–Crippen MR) is 137 cm³/mol. The summed E-state index contributed by atoms with van der Waals surface area (Å²) in [7, 11) is 0. The first-order valence-corrected chi connectivity index (χ1v) is 12.4. The van der Waals surface area contributed by atoms with Crippen molar-refractivity contribution in [1.29, 1.82) is 0 Å². The van der Waals surface area contributed by atoms with Crippen LogP contribution in [0.25, 0.3) is 16.9 Å². The number of anilines is 2. The molecule has 9 nitrogen and oxygen atoms in total. The van der Waals surface area contributed by atoms with Crippen LogP contribution in [-0.2, 0) is 12.7 Å². The molecule has 0 atom stereocenters. The number of benzene rings is 1. The molecule has 216 valence electrons. The molecule has 4 aromatic rings. The fourth-order valence-corrected chi connectivity index (χ4v) is 4.75. The van der Waals surface area contributed by atoms with E-state index in [9.17, 15) is 26.7 Å². The van der Waals surface area contributed by atoms with Crippen LogP contribution < -0.4 is 5.32 Å². The summed E-state index contributed by atoms with van der Waals surface area (Å²) < 4.78 is 83.8. The van der Waals surface area contributed by atoms with E-state index in [0.717, 1.165) is 18.5 Å². The molecule has 41 heavy (non-hydrogen) atoms. The maximum Gasteiger partial charge on any atom is 0.435 e. The van der Waals surface area contributed by atoms with E-state index in [1.165, 1.54) is 16.8 Å². The minimum atomic E-state index is -4.91. The first-order valence-electron chi connectivity index (χ1n) is 12.4. The maximum atomic E-state index is 15.2. The van der Waals surface area contributed by atoms with Crippen LogP contribution in [0.5, 0.6) is 0 Å². The van der Waals surface area contributed by atoms with Crippen LogP contribution in [0, 0.1) is 12.7 Å². The summed E-state index contributed by atoms with van der Waals surface area (Å²) in [5.74, 6) is -1.09. The number of piperazine rings is 1. The first-order chi connectivity index (χ1) is 19.5. The number of hydrogen-bond donors (Lipinski definition) is 1. The van der Waals surface area contributed by atoms with Crippen molar-refractivity contribution < 1.29 is 31.1 Å². The van der Waals surface area contributed by atoms with E-state index in [4.69, 9.17) is 0 Å². The number of carbonyl (C=O) groups is 1. The number of rotatable bonds is 7. The number of imidazole rings is 1. The number of alkyl halides is 5. The number of nitrogens with zero attached hydrogens (tertiary/aromatic N) is 7. The molecule has 3 aromatic heterocycles. The highest BCUT2D eigenvalue weighted by Gasteiger charge is 2.38. The van der Waals surface area contributed by atoms with Crippen LogP contribution in [0.1, 0.15) is 21.6 Å². The summed E-state index contributed by atoms with van der Waals surface area (Å²) in [4.78, 5) is 24.9. The van der Waals surface area contributed by atoms with E-state index in [1.807, 2.05) is 4.90 Å². The Morgan fingerprint density at radius 3 is 2.54 bits per heavy atom. The summed E-state index contributed by atoms with van der Waals surface area (Å²) in [5, 5.41) is 6.23. The molecule has 0 bridgehead atoms. The van der Waals surface area contributed by atoms with Crippen LogP contribution >= 0.6 is 0 Å². The second-order valence-electron chi connectivity index (χ2n) is 9.40. The van der Waals surface area contributed by atoms with Gasteiger partial charge in [0, 0.05) is 50.5 Å². The molecule has 1 aliphatic rings. The average Bonchev–Trinajstić information content (AvgIpc) is 3.52. The van der Waals surface area contributed by atoms with Crippen LogP contribution in [0.2, 0.25) is 0 Å². The Hall–Kier alpha value is -4.56. The van der Waals surface area contributed by atoms with Crippen molar-refractivity contribution in [2.45, 2.75) is 26.1 Å². The lowest BCUT2D eigenvalue weighted by molar-refractivity contribution is -0.141. The number of aromatic nitrogens is 5. The van der Waals surface area contributed by atoms with Crippen molar-refractivity contribution in [3.8, 4) is 11.3 Å². The van der Waals surface area contributed by atoms with Gasteiger partial charge in [0.2, 0.25) is 0 Å². The third-order valence-corrected chi connectivity index (χ3v) is 6.68. The third-order valence-electron chi connectivity index (χ3n) is 6.68. The maximum absolute atomic E-state index is 15.2. The monoisotopic (exact) mass is 578 g/mol. The van der Waals surface area contributed by atoms with Crippen LogP contribution in [0.15, 0.2) is 49.7 Å². The Morgan fingerprint density at radius 2 is 1.90 bits per heavy atom. The van der Waals surface area contributed by atoms with Gasteiger partial charge in [-0.1, -0.05) is 6.58 Å². The highest BCUT2D eigenvalue weighted by atomic mass is 19.4. The number of aryl methyl sites for hydroxylation is 1. The zero-order valence-electron chi connectivity index (χ0n) is 21.7. The molecule has 0 saturated carbocycles. The van der Waals surface area contributed by atoms with Crippen molar-refractivity contribution in [2.75, 3.05) is 31.5 Å². The molecule has 5 rings (SSSR count). The van der Waals surface area contributed by atoms with Gasteiger partial charge in [-0.15, -0.1) is 0 Å². The van der Waals surface area contributed by atoms with Gasteiger partial charge in [0.25, 0.3) is 12.3 Å². The molecule has 1 aliphatic heterocycles. The molecule has 1 aromatic carbocycles. The topological polar surface area (TPSA) is 83.6 Å². The van der Waals surface area contributed by atoms with Crippen molar-refractivity contribution >= 4 is 23.1 Å². The van der Waals surface area contributed by atoms with Gasteiger partial charge < -0.3 is 15.1 Å². The highest BCUT2D eigenvalue weighted by molar-refractivity contribution is 5.96. The summed E-state index contributed by atoms with van der Waals surface area (Å²) >= 11 is 0. The molecular weight excluding hydrogens is 554 g/mol. The van der Waals surface area contributed by atoms with Gasteiger partial charge >= 0.3 is 6.18 Å². The SMILES string of the molecule is C=CN1CCN(C(=O)c2c(C)cc(Nc3nccn4c(-c5cn(CC(F)F)nc5C(F)(F)F)cnc34)cc2F)CC1. The van der Waals surface area contributed by atoms with E-state index >= 15 is 4.39 Å². The Kier molecular flexibility index (Phi) is 7.36. The molecule has 0 spiro atoms. The molecule has 15 heteroatoms. The zero-order valence-corrected chi connectivity index (χ0v) is 21.7. The number of carbonyl (C=O) groups excluding carboxylic acids is 1. The van der Waals surface area contributed by atoms with Crippen LogP contribution in [0.4, 0.5) is 37.8 Å². The molecular formula is C26H24F6N8O. The van der Waals surface area contributed by atoms with Gasteiger partial charge in [0.05, 0.1) is 23.0 Å². The van der Waals surface area contributed by atoms with Gasteiger partial charge in [-0.3, -0.25) is 13.9 Å². The number of fused-ring (bicyclic) bond motifs is 1. The first kappa shape index (κ1) is 28.0. The summed E-state index contributed by atoms with van der Waals surface area (Å²) in [6.07, 6.45) is -1.44. The average molecular weight is 579 g/mol. The molecule has 1 fully saturated rings. The Balaban J connectivity index is 1.45. The molecule has 1 amide bonds. The largest absolute Gasteiger partial charge is 0.435 e. The minimum absolute atomic E-state index is 0.0573. The lowest BCUT2D eigenvalue weighted by Gasteiger charge is -2.34. The lowest BCUT2D eigenvalue weighted by atomic mass is 10.0. The second-order valence-corrected chi connectivity index (χ2v) is 9.40. The zero-order chi connectivity index (χ0) is 29.5. The highest BCUT2D eigenvalue weighted by Crippen LogP contribution is 2.37. The number of hydrogen-bond acceptors (Lipinski definition) is 6. The second kappa shape index (κ2) is 10.8. The fraction of sp³-hybridized carbons (Fsp3) is 0.308. The summed E-state index contributed by atoms with van der Waals surface area (Å²) in [6.45, 7) is 6.34. The molecule has 0 aliphatic carbocycles. The van der Waals surface area contributed by atoms with Gasteiger partial charge in [-0.05, 0) is 30.8 Å². The summed E-state index contributed by atoms with van der Waals surface area (Å²) in [5.41, 5.74) is -1.19. The van der Waals surface area contributed by atoms with E-state index in [-0.39, 0.29) is 28.4 Å². The van der Waals surface area contributed by atoms with E-state index in [1.54, 1.807) is 24.1 Å². The Morgan fingerprint density at radius 1 is 1.17 bits per heavy atom. The lowest BCUT2D eigenvalue weighted by Crippen LogP contribution is -2.47. The van der Waals surface area contributed by atoms with Crippen molar-refractivity contribution in [2.24, 2.45) is 0 Å². The van der Waals surface area contributed by atoms with Gasteiger partial charge in [-0.2, -0.15) is 18.3 Å². The Bertz CT molecular complexity index is 1580. The van der Waals surface area contributed by atoms with E-state index in [2.05, 4.69) is 27.0 Å². The minimum Gasteiger partial charge on any atom is -0.374 e. The molecule has 1 N–H and O–H groups in total. The number of nitrogens with one attached hydrogen (secondary N) is 1. The van der Waals surface area contributed by atoms with Gasteiger partial charge in [0.15, 0.2) is 17.2 Å². The van der Waals surface area contributed by atoms with E-state index in [0.29, 0.717) is 36.4 Å². The van der Waals surface area contributed by atoms with Gasteiger partial charge in [0.1, 0.15) is 12.4 Å². The third kappa shape index (κ3) is 5.56. The Labute approximate surface area is 229 Å².